The van der Waals surface area contributed by atoms with Crippen LogP contribution in [0.25, 0.3) is 0 Å². The van der Waals surface area contributed by atoms with Crippen LogP contribution < -0.4 is 10.6 Å². The maximum atomic E-state index is 12.0. The van der Waals surface area contributed by atoms with Crippen LogP contribution in [-0.4, -0.2) is 49.4 Å². The van der Waals surface area contributed by atoms with Gasteiger partial charge in [-0.15, -0.1) is 0 Å². The molecule has 5 nitrogen and oxygen atoms in total. The highest BCUT2D eigenvalue weighted by atomic mass is 16.2. The molecule has 2 aliphatic heterocycles. The summed E-state index contributed by atoms with van der Waals surface area (Å²) in [6.07, 6.45) is 2.21. The quantitative estimate of drug-likeness (QED) is 0.670. The van der Waals surface area contributed by atoms with Crippen LogP contribution >= 0.6 is 0 Å². The minimum atomic E-state index is -0.263. The van der Waals surface area contributed by atoms with E-state index in [1.165, 1.54) is 0 Å². The number of rotatable bonds is 3. The molecule has 2 heterocycles. The summed E-state index contributed by atoms with van der Waals surface area (Å²) in [5.74, 6) is 0.667. The van der Waals surface area contributed by atoms with E-state index in [0.29, 0.717) is 18.8 Å². The van der Waals surface area contributed by atoms with Gasteiger partial charge in [-0.3, -0.25) is 9.59 Å². The van der Waals surface area contributed by atoms with Crippen LogP contribution in [0, 0.1) is 5.92 Å². The van der Waals surface area contributed by atoms with Gasteiger partial charge in [0.1, 0.15) is 6.04 Å². The Balaban J connectivity index is 1.84. The van der Waals surface area contributed by atoms with Gasteiger partial charge in [-0.1, -0.05) is 0 Å². The molecular formula is C11H19N3O2. The van der Waals surface area contributed by atoms with Crippen LogP contribution in [0.4, 0.5) is 0 Å². The molecule has 0 aromatic heterocycles. The van der Waals surface area contributed by atoms with Crippen molar-refractivity contribution in [1.29, 1.82) is 0 Å². The number of carbonyl (C=O) groups excluding carboxylic acids is 2. The van der Waals surface area contributed by atoms with Gasteiger partial charge in [0.15, 0.2) is 0 Å². The summed E-state index contributed by atoms with van der Waals surface area (Å²) in [4.78, 5) is 25.0. The van der Waals surface area contributed by atoms with Crippen molar-refractivity contribution in [3.8, 4) is 0 Å². The van der Waals surface area contributed by atoms with E-state index in [-0.39, 0.29) is 17.9 Å². The Kier molecular flexibility index (Phi) is 3.43. The van der Waals surface area contributed by atoms with E-state index < -0.39 is 0 Å². The van der Waals surface area contributed by atoms with Crippen molar-refractivity contribution in [1.82, 2.24) is 15.5 Å². The second-order valence-corrected chi connectivity index (χ2v) is 4.66. The first-order valence-electron chi connectivity index (χ1n) is 5.93. The van der Waals surface area contributed by atoms with Gasteiger partial charge in [0.05, 0.1) is 0 Å². The lowest BCUT2D eigenvalue weighted by Crippen LogP contribution is -2.43. The van der Waals surface area contributed by atoms with Gasteiger partial charge in [0, 0.05) is 19.5 Å². The third kappa shape index (κ3) is 2.35. The van der Waals surface area contributed by atoms with Crippen LogP contribution in [0.1, 0.15) is 19.3 Å². The van der Waals surface area contributed by atoms with E-state index in [1.807, 2.05) is 11.9 Å². The summed E-state index contributed by atoms with van der Waals surface area (Å²) in [6.45, 7) is 2.62. The van der Waals surface area contributed by atoms with Crippen LogP contribution in [0.15, 0.2) is 0 Å². The standard InChI is InChI=1S/C11H19N3O2/c1-12-6-8-4-5-14(7-8)11(16)9-2-3-10(15)13-9/h8-9,12H,2-7H2,1H3,(H,13,15). The summed E-state index contributed by atoms with van der Waals surface area (Å²) in [5.41, 5.74) is 0. The monoisotopic (exact) mass is 225 g/mol. The smallest absolute Gasteiger partial charge is 0.245 e. The fourth-order valence-electron chi connectivity index (χ4n) is 2.51. The molecule has 2 saturated heterocycles. The predicted octanol–water partition coefficient (Wildman–Crippen LogP) is -0.667. The highest BCUT2D eigenvalue weighted by Gasteiger charge is 2.34. The van der Waals surface area contributed by atoms with Gasteiger partial charge >= 0.3 is 0 Å². The first kappa shape index (κ1) is 11.4. The second kappa shape index (κ2) is 4.82. The van der Waals surface area contributed by atoms with Crippen molar-refractivity contribution in [2.45, 2.75) is 25.3 Å². The zero-order valence-electron chi connectivity index (χ0n) is 9.66. The normalized spacial score (nSPS) is 29.6. The Hall–Kier alpha value is -1.10. The summed E-state index contributed by atoms with van der Waals surface area (Å²) >= 11 is 0. The molecule has 90 valence electrons. The number of likely N-dealkylation sites (tertiary alicyclic amines) is 1. The molecule has 0 radical (unpaired) electrons. The van der Waals surface area contributed by atoms with Gasteiger partial charge in [0.25, 0.3) is 0 Å². The molecule has 16 heavy (non-hydrogen) atoms. The number of nitrogens with one attached hydrogen (secondary N) is 2. The number of hydrogen-bond donors (Lipinski definition) is 2. The van der Waals surface area contributed by atoms with Gasteiger partial charge in [-0.2, -0.15) is 0 Å². The number of carbonyl (C=O) groups is 2. The molecule has 0 saturated carbocycles. The molecule has 0 bridgehead atoms. The Labute approximate surface area is 95.6 Å². The number of nitrogens with zero attached hydrogens (tertiary/aromatic N) is 1. The molecule has 2 aliphatic rings. The van der Waals surface area contributed by atoms with Crippen molar-refractivity contribution in [3.05, 3.63) is 0 Å². The minimum absolute atomic E-state index is 0.00400. The molecular weight excluding hydrogens is 206 g/mol. The first-order chi connectivity index (χ1) is 7.70. The van der Waals surface area contributed by atoms with Crippen LogP contribution in [0.3, 0.4) is 0 Å². The maximum absolute atomic E-state index is 12.0. The lowest BCUT2D eigenvalue weighted by atomic mass is 10.1. The highest BCUT2D eigenvalue weighted by molar-refractivity contribution is 5.90. The molecule has 2 fully saturated rings. The van der Waals surface area contributed by atoms with Crippen LogP contribution in [0.2, 0.25) is 0 Å². The average Bonchev–Trinajstić information content (AvgIpc) is 2.87. The molecule has 2 unspecified atom stereocenters. The zero-order valence-corrected chi connectivity index (χ0v) is 9.66. The molecule has 0 spiro atoms. The Morgan fingerprint density at radius 1 is 1.56 bits per heavy atom. The topological polar surface area (TPSA) is 61.4 Å². The Morgan fingerprint density at radius 3 is 3.00 bits per heavy atom. The number of amides is 2. The molecule has 0 aliphatic carbocycles. The van der Waals surface area contributed by atoms with Gasteiger partial charge in [0.2, 0.25) is 11.8 Å². The summed E-state index contributed by atoms with van der Waals surface area (Å²) in [5, 5.41) is 5.87. The van der Waals surface area contributed by atoms with Crippen molar-refractivity contribution in [2.24, 2.45) is 5.92 Å². The molecule has 2 amide bonds. The highest BCUT2D eigenvalue weighted by Crippen LogP contribution is 2.18. The van der Waals surface area contributed by atoms with Crippen molar-refractivity contribution >= 4 is 11.8 Å². The molecule has 2 rings (SSSR count). The van der Waals surface area contributed by atoms with Crippen molar-refractivity contribution in [2.75, 3.05) is 26.7 Å². The Bertz CT molecular complexity index is 293. The van der Waals surface area contributed by atoms with E-state index in [1.54, 1.807) is 0 Å². The number of hydrogen-bond acceptors (Lipinski definition) is 3. The maximum Gasteiger partial charge on any atom is 0.245 e. The van der Waals surface area contributed by atoms with Crippen molar-refractivity contribution < 1.29 is 9.59 Å². The fourth-order valence-corrected chi connectivity index (χ4v) is 2.51. The van der Waals surface area contributed by atoms with E-state index in [0.717, 1.165) is 26.1 Å². The third-order valence-electron chi connectivity index (χ3n) is 3.38. The zero-order chi connectivity index (χ0) is 11.5. The average molecular weight is 225 g/mol. The van der Waals surface area contributed by atoms with Crippen molar-refractivity contribution in [3.63, 3.8) is 0 Å². The van der Waals surface area contributed by atoms with E-state index >= 15 is 0 Å². The van der Waals surface area contributed by atoms with E-state index in [9.17, 15) is 9.59 Å². The minimum Gasteiger partial charge on any atom is -0.344 e. The van der Waals surface area contributed by atoms with E-state index in [2.05, 4.69) is 10.6 Å². The molecule has 2 N–H and O–H groups in total. The van der Waals surface area contributed by atoms with E-state index in [4.69, 9.17) is 0 Å². The van der Waals surface area contributed by atoms with Crippen LogP contribution in [-0.2, 0) is 9.59 Å². The lowest BCUT2D eigenvalue weighted by molar-refractivity contribution is -0.133. The molecule has 2 atom stereocenters. The van der Waals surface area contributed by atoms with Gasteiger partial charge in [-0.05, 0) is 32.4 Å². The Morgan fingerprint density at radius 2 is 2.38 bits per heavy atom. The second-order valence-electron chi connectivity index (χ2n) is 4.66. The molecule has 0 aromatic rings. The third-order valence-corrected chi connectivity index (χ3v) is 3.38. The fraction of sp³-hybridized carbons (Fsp3) is 0.818. The van der Waals surface area contributed by atoms with Gasteiger partial charge < -0.3 is 15.5 Å². The lowest BCUT2D eigenvalue weighted by Gasteiger charge is -2.20. The summed E-state index contributed by atoms with van der Waals surface area (Å²) < 4.78 is 0. The first-order valence-corrected chi connectivity index (χ1v) is 5.93. The largest absolute Gasteiger partial charge is 0.344 e. The van der Waals surface area contributed by atoms with Crippen LogP contribution in [0.5, 0.6) is 0 Å². The summed E-state index contributed by atoms with van der Waals surface area (Å²) in [7, 11) is 1.93. The van der Waals surface area contributed by atoms with Gasteiger partial charge in [-0.25, -0.2) is 0 Å². The molecule has 5 heteroatoms. The SMILES string of the molecule is CNCC1CCN(C(=O)C2CCC(=O)N2)C1. The summed E-state index contributed by atoms with van der Waals surface area (Å²) in [6, 6.07) is -0.263. The molecule has 0 aromatic carbocycles. The predicted molar refractivity (Wildman–Crippen MR) is 59.8 cm³/mol.